The number of hydrogen-bond acceptors (Lipinski definition) is 3. The molecule has 7 heteroatoms. The molecule has 0 fully saturated rings. The lowest BCUT2D eigenvalue weighted by Crippen LogP contribution is -2.48. The lowest BCUT2D eigenvalue weighted by atomic mass is 10.2. The van der Waals surface area contributed by atoms with E-state index in [1.165, 1.54) is 12.1 Å². The summed E-state index contributed by atoms with van der Waals surface area (Å²) in [6.45, 7) is 5.58. The van der Waals surface area contributed by atoms with Crippen molar-refractivity contribution in [1.82, 2.24) is 10.6 Å². The largest absolute Gasteiger partial charge is 0.444 e. The van der Waals surface area contributed by atoms with E-state index in [0.29, 0.717) is 6.42 Å². The van der Waals surface area contributed by atoms with Gasteiger partial charge in [0.25, 0.3) is 0 Å². The van der Waals surface area contributed by atoms with Gasteiger partial charge in [0, 0.05) is 13.0 Å². The molecular weight excluding hydrogens is 343 g/mol. The second-order valence-electron chi connectivity index (χ2n) is 7.02. The van der Waals surface area contributed by atoms with Gasteiger partial charge in [-0.1, -0.05) is 12.1 Å². The van der Waals surface area contributed by atoms with E-state index >= 15 is 0 Å². The molecule has 1 aromatic rings. The van der Waals surface area contributed by atoms with Gasteiger partial charge in [-0.2, -0.15) is 0 Å². The lowest BCUT2D eigenvalue weighted by molar-refractivity contribution is -0.123. The van der Waals surface area contributed by atoms with Gasteiger partial charge >= 0.3 is 6.09 Å². The smallest absolute Gasteiger partial charge is 0.408 e. The number of benzene rings is 1. The maximum absolute atomic E-state index is 12.9. The highest BCUT2D eigenvalue weighted by molar-refractivity contribution is 7.95. The number of halogens is 1. The molecule has 2 N–H and O–H groups in total. The Hall–Kier alpha value is -1.76. The predicted molar refractivity (Wildman–Crippen MR) is 100 cm³/mol. The first-order chi connectivity index (χ1) is 11.6. The number of ether oxygens (including phenoxy) is 1. The number of alkyl carbamates (subject to hydrolysis) is 1. The van der Waals surface area contributed by atoms with Gasteiger partial charge in [-0.05, 0) is 49.4 Å². The Morgan fingerprint density at radius 1 is 1.20 bits per heavy atom. The topological polar surface area (TPSA) is 67.4 Å². The monoisotopic (exact) mass is 371 g/mol. The van der Waals surface area contributed by atoms with E-state index in [0.717, 1.165) is 11.3 Å². The standard InChI is InChI=1S/C18H27FN2O3S/c1-18(2,3)24-17(23)21-15(10-11-25(4)5)16(22)20-12-13-6-8-14(19)9-7-13/h6-9,15H,10-12H2,1-5H3,(H-,20,21,22,23)/p+1/t15-/m0/s1. The summed E-state index contributed by atoms with van der Waals surface area (Å²) in [5, 5.41) is 5.43. The molecule has 0 aliphatic rings. The van der Waals surface area contributed by atoms with Gasteiger partial charge in [-0.25, -0.2) is 9.18 Å². The van der Waals surface area contributed by atoms with Crippen molar-refractivity contribution in [3.63, 3.8) is 0 Å². The van der Waals surface area contributed by atoms with Crippen molar-refractivity contribution in [3.05, 3.63) is 35.6 Å². The molecule has 0 aliphatic carbocycles. The average Bonchev–Trinajstić information content (AvgIpc) is 2.48. The van der Waals surface area contributed by atoms with Crippen LogP contribution in [-0.4, -0.2) is 41.9 Å². The van der Waals surface area contributed by atoms with Crippen LogP contribution in [0.25, 0.3) is 0 Å². The second kappa shape index (κ2) is 9.65. The molecule has 0 spiro atoms. The molecule has 0 bridgehead atoms. The molecule has 0 radical (unpaired) electrons. The molecule has 25 heavy (non-hydrogen) atoms. The summed E-state index contributed by atoms with van der Waals surface area (Å²) >= 11 is 0. The summed E-state index contributed by atoms with van der Waals surface area (Å²) in [7, 11) is 0.157. The highest BCUT2D eigenvalue weighted by Gasteiger charge is 2.25. The first kappa shape index (κ1) is 21.3. The summed E-state index contributed by atoms with van der Waals surface area (Å²) in [6, 6.07) is 5.25. The van der Waals surface area contributed by atoms with Crippen LogP contribution in [0.4, 0.5) is 9.18 Å². The zero-order chi connectivity index (χ0) is 19.0. The Balaban J connectivity index is 2.64. The summed E-state index contributed by atoms with van der Waals surface area (Å²) in [5.41, 5.74) is 0.162. The number of carbonyl (C=O) groups is 2. The van der Waals surface area contributed by atoms with Crippen LogP contribution in [0.1, 0.15) is 32.8 Å². The third-order valence-electron chi connectivity index (χ3n) is 3.20. The minimum atomic E-state index is -0.662. The van der Waals surface area contributed by atoms with Crippen molar-refractivity contribution < 1.29 is 18.7 Å². The minimum absolute atomic E-state index is 0.157. The molecule has 2 amide bonds. The Labute approximate surface area is 152 Å². The molecule has 5 nitrogen and oxygen atoms in total. The fraction of sp³-hybridized carbons (Fsp3) is 0.556. The van der Waals surface area contributed by atoms with Gasteiger partial charge in [-0.15, -0.1) is 0 Å². The van der Waals surface area contributed by atoms with E-state index in [-0.39, 0.29) is 29.2 Å². The molecule has 1 aromatic carbocycles. The van der Waals surface area contributed by atoms with Crippen molar-refractivity contribution in [1.29, 1.82) is 0 Å². The normalized spacial score (nSPS) is 12.6. The Bertz CT molecular complexity index is 571. The maximum Gasteiger partial charge on any atom is 0.408 e. The van der Waals surface area contributed by atoms with Gasteiger partial charge < -0.3 is 15.4 Å². The number of carbonyl (C=O) groups excluding carboxylic acids is 2. The van der Waals surface area contributed by atoms with Gasteiger partial charge in [0.15, 0.2) is 0 Å². The van der Waals surface area contributed by atoms with Crippen molar-refractivity contribution >= 4 is 22.9 Å². The van der Waals surface area contributed by atoms with E-state index < -0.39 is 17.7 Å². The van der Waals surface area contributed by atoms with Crippen LogP contribution in [0, 0.1) is 5.82 Å². The van der Waals surface area contributed by atoms with Crippen molar-refractivity contribution in [2.45, 2.75) is 45.4 Å². The quantitative estimate of drug-likeness (QED) is 0.724. The molecule has 0 aliphatic heterocycles. The summed E-state index contributed by atoms with van der Waals surface area (Å²) in [6.07, 6.45) is 4.09. The number of amides is 2. The third-order valence-corrected chi connectivity index (χ3v) is 4.25. The molecule has 1 atom stereocenters. The van der Waals surface area contributed by atoms with E-state index in [1.54, 1.807) is 32.9 Å². The Morgan fingerprint density at radius 3 is 2.32 bits per heavy atom. The van der Waals surface area contributed by atoms with Crippen LogP contribution in [0.5, 0.6) is 0 Å². The van der Waals surface area contributed by atoms with Crippen LogP contribution in [0.15, 0.2) is 24.3 Å². The number of hydrogen-bond donors (Lipinski definition) is 2. The van der Waals surface area contributed by atoms with Gasteiger partial charge in [0.1, 0.15) is 23.2 Å². The van der Waals surface area contributed by atoms with Crippen LogP contribution in [0.2, 0.25) is 0 Å². The minimum Gasteiger partial charge on any atom is -0.444 e. The third kappa shape index (κ3) is 9.34. The Morgan fingerprint density at radius 2 is 1.80 bits per heavy atom. The van der Waals surface area contributed by atoms with Crippen molar-refractivity contribution in [3.8, 4) is 0 Å². The fourth-order valence-corrected chi connectivity index (χ4v) is 2.69. The van der Waals surface area contributed by atoms with Crippen molar-refractivity contribution in [2.75, 3.05) is 18.3 Å². The second-order valence-corrected chi connectivity index (χ2v) is 9.40. The maximum atomic E-state index is 12.9. The first-order valence-electron chi connectivity index (χ1n) is 8.12. The zero-order valence-electron chi connectivity index (χ0n) is 15.5. The zero-order valence-corrected chi connectivity index (χ0v) is 16.3. The van der Waals surface area contributed by atoms with Crippen LogP contribution in [0.3, 0.4) is 0 Å². The fourth-order valence-electron chi connectivity index (χ4n) is 1.99. The van der Waals surface area contributed by atoms with Gasteiger partial charge in [0.05, 0.1) is 12.5 Å². The van der Waals surface area contributed by atoms with Crippen LogP contribution in [-0.2, 0) is 27.0 Å². The van der Waals surface area contributed by atoms with E-state index in [1.807, 2.05) is 0 Å². The number of rotatable bonds is 7. The first-order valence-corrected chi connectivity index (χ1v) is 10.3. The molecule has 1 rings (SSSR count). The lowest BCUT2D eigenvalue weighted by Gasteiger charge is -2.23. The predicted octanol–water partition coefficient (Wildman–Crippen LogP) is 2.60. The van der Waals surface area contributed by atoms with E-state index in [4.69, 9.17) is 4.74 Å². The highest BCUT2D eigenvalue weighted by atomic mass is 32.2. The highest BCUT2D eigenvalue weighted by Crippen LogP contribution is 2.08. The molecule has 0 aromatic heterocycles. The van der Waals surface area contributed by atoms with Crippen LogP contribution < -0.4 is 10.6 Å². The van der Waals surface area contributed by atoms with Crippen LogP contribution >= 0.6 is 0 Å². The summed E-state index contributed by atoms with van der Waals surface area (Å²) in [5.74, 6) is 0.225. The number of nitrogens with one attached hydrogen (secondary N) is 2. The molecular formula is C18H28FN2O3S+. The molecule has 0 saturated carbocycles. The van der Waals surface area contributed by atoms with Gasteiger partial charge in [-0.3, -0.25) is 4.79 Å². The molecule has 0 unspecified atom stereocenters. The Kier molecular flexibility index (Phi) is 8.22. The average molecular weight is 371 g/mol. The summed E-state index contributed by atoms with van der Waals surface area (Å²) in [4.78, 5) is 24.4. The molecule has 0 heterocycles. The van der Waals surface area contributed by atoms with E-state index in [9.17, 15) is 14.0 Å². The van der Waals surface area contributed by atoms with E-state index in [2.05, 4.69) is 23.1 Å². The molecule has 0 saturated heterocycles. The SMILES string of the molecule is C[S+](C)CC[C@H](NC(=O)OC(C)(C)C)C(=O)NCc1ccc(F)cc1. The summed E-state index contributed by atoms with van der Waals surface area (Å²) < 4.78 is 18.2. The van der Waals surface area contributed by atoms with Gasteiger partial charge in [0.2, 0.25) is 5.91 Å². The van der Waals surface area contributed by atoms with Crippen molar-refractivity contribution in [2.24, 2.45) is 0 Å². The molecule has 140 valence electrons.